The van der Waals surface area contributed by atoms with Crippen molar-refractivity contribution < 1.29 is 13.2 Å². The van der Waals surface area contributed by atoms with Crippen LogP contribution < -0.4 is 4.72 Å². The first-order valence-electron chi connectivity index (χ1n) is 8.19. The standard InChI is InChI=1S/C18H20N4O3S/c1-12(13-6-4-3-5-7-13)8-15(23)9-14-10-17-16(11-19-14)18(21-20-17)22-26(2,24)25/h3-7,10-12H,8-9H2,1-2H3,(H2,20,21,22)/t12-/m0/s1. The molecule has 2 heterocycles. The molecule has 0 bridgehead atoms. The fourth-order valence-corrected chi connectivity index (χ4v) is 3.33. The smallest absolute Gasteiger partial charge is 0.231 e. The maximum absolute atomic E-state index is 12.4. The van der Waals surface area contributed by atoms with Crippen molar-refractivity contribution in [2.45, 2.75) is 25.7 Å². The Bertz CT molecular complexity index is 1030. The van der Waals surface area contributed by atoms with E-state index in [4.69, 9.17) is 0 Å². The van der Waals surface area contributed by atoms with Crippen LogP contribution in [0.1, 0.15) is 30.5 Å². The van der Waals surface area contributed by atoms with E-state index >= 15 is 0 Å². The number of hydrogen-bond acceptors (Lipinski definition) is 5. The SMILES string of the molecule is C[C@@H](CC(=O)Cc1cc2[nH]nc(NS(C)(=O)=O)c2cn1)c1ccccc1. The second kappa shape index (κ2) is 7.25. The molecule has 0 fully saturated rings. The molecule has 0 spiro atoms. The Labute approximate surface area is 151 Å². The summed E-state index contributed by atoms with van der Waals surface area (Å²) in [5, 5.41) is 7.27. The number of fused-ring (bicyclic) bond motifs is 1. The first-order valence-corrected chi connectivity index (χ1v) is 10.1. The van der Waals surface area contributed by atoms with Crippen molar-refractivity contribution in [1.29, 1.82) is 0 Å². The van der Waals surface area contributed by atoms with Crippen molar-refractivity contribution in [3.8, 4) is 0 Å². The van der Waals surface area contributed by atoms with Gasteiger partial charge in [0.05, 0.1) is 17.2 Å². The number of H-pyrrole nitrogens is 1. The summed E-state index contributed by atoms with van der Waals surface area (Å²) in [7, 11) is -3.42. The van der Waals surface area contributed by atoms with Gasteiger partial charge in [-0.15, -0.1) is 0 Å². The lowest BCUT2D eigenvalue weighted by Crippen LogP contribution is -2.10. The third kappa shape index (κ3) is 4.45. The minimum Gasteiger partial charge on any atom is -0.299 e. The molecule has 0 amide bonds. The second-order valence-electron chi connectivity index (χ2n) is 6.40. The molecule has 136 valence electrons. The molecule has 0 saturated carbocycles. The zero-order valence-corrected chi connectivity index (χ0v) is 15.4. The highest BCUT2D eigenvalue weighted by atomic mass is 32.2. The van der Waals surface area contributed by atoms with Crippen LogP contribution in [0, 0.1) is 0 Å². The number of nitrogens with one attached hydrogen (secondary N) is 2. The summed E-state index contributed by atoms with van der Waals surface area (Å²) in [6.07, 6.45) is 3.24. The highest BCUT2D eigenvalue weighted by Crippen LogP contribution is 2.22. The van der Waals surface area contributed by atoms with Crippen LogP contribution in [0.3, 0.4) is 0 Å². The van der Waals surface area contributed by atoms with Crippen LogP contribution in [0.4, 0.5) is 5.82 Å². The Kier molecular flexibility index (Phi) is 5.03. The Morgan fingerprint density at radius 3 is 2.69 bits per heavy atom. The molecule has 26 heavy (non-hydrogen) atoms. The average Bonchev–Trinajstić information content (AvgIpc) is 2.96. The van der Waals surface area contributed by atoms with Gasteiger partial charge in [0.2, 0.25) is 10.0 Å². The first kappa shape index (κ1) is 18.1. The van der Waals surface area contributed by atoms with Gasteiger partial charge in [-0.3, -0.25) is 19.6 Å². The van der Waals surface area contributed by atoms with Gasteiger partial charge in [-0.05, 0) is 17.5 Å². The molecular formula is C18H20N4O3S. The summed E-state index contributed by atoms with van der Waals surface area (Å²) in [6, 6.07) is 11.6. The number of sulfonamides is 1. The number of rotatable bonds is 7. The van der Waals surface area contributed by atoms with Gasteiger partial charge < -0.3 is 0 Å². The second-order valence-corrected chi connectivity index (χ2v) is 8.15. The Balaban J connectivity index is 1.70. The first-order chi connectivity index (χ1) is 12.3. The number of pyridine rings is 1. The third-order valence-electron chi connectivity index (χ3n) is 4.07. The largest absolute Gasteiger partial charge is 0.299 e. The zero-order valence-electron chi connectivity index (χ0n) is 14.6. The van der Waals surface area contributed by atoms with Gasteiger partial charge in [-0.1, -0.05) is 37.3 Å². The van der Waals surface area contributed by atoms with Crippen LogP contribution in [0.15, 0.2) is 42.6 Å². The van der Waals surface area contributed by atoms with E-state index in [-0.39, 0.29) is 23.9 Å². The molecule has 1 atom stereocenters. The minimum atomic E-state index is -3.42. The van der Waals surface area contributed by atoms with Crippen molar-refractivity contribution in [3.05, 3.63) is 53.9 Å². The van der Waals surface area contributed by atoms with Crippen molar-refractivity contribution >= 4 is 32.5 Å². The molecule has 2 aromatic heterocycles. The maximum Gasteiger partial charge on any atom is 0.231 e. The molecule has 0 saturated heterocycles. The van der Waals surface area contributed by atoms with Crippen molar-refractivity contribution in [1.82, 2.24) is 15.2 Å². The number of carbonyl (C=O) groups excluding carboxylic acids is 1. The monoisotopic (exact) mass is 372 g/mol. The number of Topliss-reactive ketones (excluding diaryl/α,β-unsaturated/α-hetero) is 1. The number of nitrogens with zero attached hydrogens (tertiary/aromatic N) is 2. The lowest BCUT2D eigenvalue weighted by molar-refractivity contribution is -0.118. The summed E-state index contributed by atoms with van der Waals surface area (Å²) in [5.41, 5.74) is 2.39. The maximum atomic E-state index is 12.4. The van der Waals surface area contributed by atoms with Gasteiger partial charge >= 0.3 is 0 Å². The van der Waals surface area contributed by atoms with E-state index < -0.39 is 10.0 Å². The van der Waals surface area contributed by atoms with Crippen LogP contribution in [0.2, 0.25) is 0 Å². The molecule has 0 unspecified atom stereocenters. The number of hydrogen-bond donors (Lipinski definition) is 2. The van der Waals surface area contributed by atoms with E-state index in [0.717, 1.165) is 11.8 Å². The number of benzene rings is 1. The summed E-state index contributed by atoms with van der Waals surface area (Å²) in [4.78, 5) is 16.6. The van der Waals surface area contributed by atoms with Crippen LogP contribution >= 0.6 is 0 Å². The Hall–Kier alpha value is -2.74. The number of ketones is 1. The van der Waals surface area contributed by atoms with E-state index in [2.05, 4.69) is 19.9 Å². The molecule has 7 nitrogen and oxygen atoms in total. The van der Waals surface area contributed by atoms with E-state index in [1.165, 1.54) is 6.20 Å². The summed E-state index contributed by atoms with van der Waals surface area (Å²) in [6.45, 7) is 2.03. The highest BCUT2D eigenvalue weighted by Gasteiger charge is 2.15. The molecular weight excluding hydrogens is 352 g/mol. The lowest BCUT2D eigenvalue weighted by Gasteiger charge is -2.10. The molecule has 0 aliphatic carbocycles. The fraction of sp³-hybridized carbons (Fsp3) is 0.278. The van der Waals surface area contributed by atoms with Gasteiger partial charge in [0, 0.05) is 24.7 Å². The number of carbonyl (C=O) groups is 1. The van der Waals surface area contributed by atoms with Crippen molar-refractivity contribution in [3.63, 3.8) is 0 Å². The van der Waals surface area contributed by atoms with Crippen molar-refractivity contribution in [2.75, 3.05) is 11.0 Å². The number of aromatic amines is 1. The molecule has 0 radical (unpaired) electrons. The van der Waals surface area contributed by atoms with Gasteiger partial charge in [-0.25, -0.2) is 8.42 Å². The molecule has 3 rings (SSSR count). The summed E-state index contributed by atoms with van der Waals surface area (Å²) >= 11 is 0. The number of anilines is 1. The Morgan fingerprint density at radius 2 is 2.00 bits per heavy atom. The van der Waals surface area contributed by atoms with Gasteiger partial charge in [0.1, 0.15) is 5.78 Å². The van der Waals surface area contributed by atoms with Gasteiger partial charge in [0.25, 0.3) is 0 Å². The molecule has 8 heteroatoms. The van der Waals surface area contributed by atoms with Crippen LogP contribution in [-0.4, -0.2) is 35.6 Å². The van der Waals surface area contributed by atoms with E-state index in [0.29, 0.717) is 23.0 Å². The Morgan fingerprint density at radius 1 is 1.27 bits per heavy atom. The summed E-state index contributed by atoms with van der Waals surface area (Å²) < 4.78 is 25.0. The normalized spacial score (nSPS) is 12.8. The highest BCUT2D eigenvalue weighted by molar-refractivity contribution is 7.92. The third-order valence-corrected chi connectivity index (χ3v) is 4.63. The topological polar surface area (TPSA) is 105 Å². The van der Waals surface area contributed by atoms with Crippen molar-refractivity contribution in [2.24, 2.45) is 0 Å². The molecule has 1 aromatic carbocycles. The molecule has 3 aromatic rings. The predicted molar refractivity (Wildman–Crippen MR) is 101 cm³/mol. The lowest BCUT2D eigenvalue weighted by atomic mass is 9.94. The van der Waals surface area contributed by atoms with Crippen LogP contribution in [-0.2, 0) is 21.2 Å². The molecule has 0 aliphatic heterocycles. The molecule has 0 aliphatic rings. The number of aromatic nitrogens is 3. The van der Waals surface area contributed by atoms with Crippen LogP contribution in [0.5, 0.6) is 0 Å². The van der Waals surface area contributed by atoms with Gasteiger partial charge in [0.15, 0.2) is 5.82 Å². The van der Waals surface area contributed by atoms with Gasteiger partial charge in [-0.2, -0.15) is 5.10 Å². The van der Waals surface area contributed by atoms with E-state index in [1.807, 2.05) is 37.3 Å². The van der Waals surface area contributed by atoms with Crippen LogP contribution in [0.25, 0.3) is 10.9 Å². The zero-order chi connectivity index (χ0) is 18.7. The minimum absolute atomic E-state index is 0.0993. The predicted octanol–water partition coefficient (Wildman–Crippen LogP) is 2.63. The van der Waals surface area contributed by atoms with E-state index in [1.54, 1.807) is 6.07 Å². The molecule has 2 N–H and O–H groups in total. The fourth-order valence-electron chi connectivity index (χ4n) is 2.82. The average molecular weight is 372 g/mol. The van der Waals surface area contributed by atoms with E-state index in [9.17, 15) is 13.2 Å². The summed E-state index contributed by atoms with van der Waals surface area (Å²) in [5.74, 6) is 0.443. The quantitative estimate of drug-likeness (QED) is 0.663.